The Kier molecular flexibility index (Phi) is 4.55. The summed E-state index contributed by atoms with van der Waals surface area (Å²) in [6, 6.07) is 4.10. The Morgan fingerprint density at radius 3 is 2.70 bits per heavy atom. The SMILES string of the molecule is Cc1nc(-c2ccc(O)cc2/C=C\C(=N)C(F)(F)F)oc1CN. The van der Waals surface area contributed by atoms with Gasteiger partial charge in [-0.05, 0) is 36.8 Å². The van der Waals surface area contributed by atoms with Gasteiger partial charge in [0.1, 0.15) is 17.2 Å². The third kappa shape index (κ3) is 3.78. The maximum atomic E-state index is 12.4. The van der Waals surface area contributed by atoms with Gasteiger partial charge < -0.3 is 15.3 Å². The summed E-state index contributed by atoms with van der Waals surface area (Å²) in [6.45, 7) is 1.84. The van der Waals surface area contributed by atoms with Crippen LogP contribution in [0.5, 0.6) is 5.75 Å². The first kappa shape index (κ1) is 16.8. The Morgan fingerprint density at radius 1 is 1.43 bits per heavy atom. The Hall–Kier alpha value is -2.61. The van der Waals surface area contributed by atoms with E-state index < -0.39 is 11.9 Å². The molecule has 1 aromatic heterocycles. The number of halogens is 3. The zero-order valence-corrected chi connectivity index (χ0v) is 12.1. The highest BCUT2D eigenvalue weighted by molar-refractivity contribution is 6.00. The van der Waals surface area contributed by atoms with Gasteiger partial charge in [-0.3, -0.25) is 5.41 Å². The van der Waals surface area contributed by atoms with E-state index in [0.717, 1.165) is 6.08 Å². The number of nitrogens with two attached hydrogens (primary N) is 1. The smallest absolute Gasteiger partial charge is 0.432 e. The molecule has 8 heteroatoms. The molecule has 5 nitrogen and oxygen atoms in total. The second-order valence-electron chi connectivity index (χ2n) is 4.75. The fourth-order valence-electron chi connectivity index (χ4n) is 1.88. The highest BCUT2D eigenvalue weighted by Gasteiger charge is 2.32. The summed E-state index contributed by atoms with van der Waals surface area (Å²) in [7, 11) is 0. The number of hydrogen-bond donors (Lipinski definition) is 3. The number of rotatable bonds is 4. The summed E-state index contributed by atoms with van der Waals surface area (Å²) < 4.78 is 42.6. The lowest BCUT2D eigenvalue weighted by molar-refractivity contribution is -0.0583. The second kappa shape index (κ2) is 6.25. The number of aromatic hydroxyl groups is 1. The molecule has 0 spiro atoms. The Morgan fingerprint density at radius 2 is 2.13 bits per heavy atom. The number of aryl methyl sites for hydroxylation is 1. The van der Waals surface area contributed by atoms with E-state index in [1.165, 1.54) is 18.2 Å². The molecule has 0 aliphatic heterocycles. The number of alkyl halides is 3. The first-order valence-corrected chi connectivity index (χ1v) is 6.56. The van der Waals surface area contributed by atoms with Crippen molar-refractivity contribution in [2.24, 2.45) is 5.73 Å². The van der Waals surface area contributed by atoms with Crippen LogP contribution in [0.1, 0.15) is 17.0 Å². The number of aromatic nitrogens is 1. The van der Waals surface area contributed by atoms with Crippen LogP contribution in [-0.2, 0) is 6.54 Å². The lowest BCUT2D eigenvalue weighted by Gasteiger charge is -2.05. The maximum Gasteiger partial charge on any atom is 0.432 e. The van der Waals surface area contributed by atoms with Crippen molar-refractivity contribution in [2.45, 2.75) is 19.6 Å². The molecule has 1 heterocycles. The number of nitrogens with one attached hydrogen (secondary N) is 1. The Labute approximate surface area is 129 Å². The molecule has 0 fully saturated rings. The van der Waals surface area contributed by atoms with Crippen molar-refractivity contribution in [1.82, 2.24) is 4.98 Å². The summed E-state index contributed by atoms with van der Waals surface area (Å²) in [4.78, 5) is 4.18. The van der Waals surface area contributed by atoms with Crippen LogP contribution in [-0.4, -0.2) is 22.0 Å². The lowest BCUT2D eigenvalue weighted by Crippen LogP contribution is -2.19. The molecule has 0 saturated carbocycles. The highest BCUT2D eigenvalue weighted by atomic mass is 19.4. The molecule has 0 saturated heterocycles. The van der Waals surface area contributed by atoms with Crippen molar-refractivity contribution in [1.29, 1.82) is 5.41 Å². The number of hydrogen-bond acceptors (Lipinski definition) is 5. The van der Waals surface area contributed by atoms with E-state index in [-0.39, 0.29) is 23.7 Å². The Balaban J connectivity index is 2.45. The van der Waals surface area contributed by atoms with Crippen molar-refractivity contribution in [2.75, 3.05) is 0 Å². The second-order valence-corrected chi connectivity index (χ2v) is 4.75. The van der Waals surface area contributed by atoms with Crippen LogP contribution in [0.4, 0.5) is 13.2 Å². The average Bonchev–Trinajstić information content (AvgIpc) is 2.84. The number of phenols is 1. The third-order valence-corrected chi connectivity index (χ3v) is 3.08. The number of oxazole rings is 1. The summed E-state index contributed by atoms with van der Waals surface area (Å²) in [5.41, 5.74) is 5.21. The Bertz CT molecular complexity index is 764. The standard InChI is InChI=1S/C15H14F3N3O2/c1-8-12(7-19)23-14(21-8)11-4-3-10(22)6-9(11)2-5-13(20)15(16,17)18/h2-6,20,22H,7,19H2,1H3/b5-2-,20-13?. The van der Waals surface area contributed by atoms with Crippen LogP contribution in [0.2, 0.25) is 0 Å². The molecule has 0 bridgehead atoms. The molecule has 122 valence electrons. The summed E-state index contributed by atoms with van der Waals surface area (Å²) in [5.74, 6) is 0.515. The van der Waals surface area contributed by atoms with Crippen LogP contribution in [0.15, 0.2) is 28.7 Å². The molecule has 0 amide bonds. The van der Waals surface area contributed by atoms with Crippen molar-refractivity contribution in [3.05, 3.63) is 41.3 Å². The van der Waals surface area contributed by atoms with E-state index in [0.29, 0.717) is 23.1 Å². The predicted molar refractivity (Wildman–Crippen MR) is 79.0 cm³/mol. The van der Waals surface area contributed by atoms with Crippen LogP contribution < -0.4 is 5.73 Å². The van der Waals surface area contributed by atoms with Gasteiger partial charge in [0.25, 0.3) is 0 Å². The maximum absolute atomic E-state index is 12.4. The largest absolute Gasteiger partial charge is 0.508 e. The van der Waals surface area contributed by atoms with Gasteiger partial charge >= 0.3 is 6.18 Å². The van der Waals surface area contributed by atoms with Gasteiger partial charge in [-0.15, -0.1) is 0 Å². The van der Waals surface area contributed by atoms with Crippen LogP contribution in [0.3, 0.4) is 0 Å². The molecule has 4 N–H and O–H groups in total. The fraction of sp³-hybridized carbons (Fsp3) is 0.200. The molecule has 0 unspecified atom stereocenters. The molecule has 0 aliphatic rings. The third-order valence-electron chi connectivity index (χ3n) is 3.08. The quantitative estimate of drug-likeness (QED) is 0.751. The first-order chi connectivity index (χ1) is 10.7. The van der Waals surface area contributed by atoms with Crippen molar-refractivity contribution in [3.63, 3.8) is 0 Å². The topological polar surface area (TPSA) is 96.1 Å². The zero-order valence-electron chi connectivity index (χ0n) is 12.1. The normalized spacial score (nSPS) is 12.0. The van der Waals surface area contributed by atoms with E-state index in [4.69, 9.17) is 15.6 Å². The molecule has 2 aromatic rings. The number of nitrogens with zero attached hydrogens (tertiary/aromatic N) is 1. The number of phenolic OH excluding ortho intramolecular Hbond substituents is 1. The minimum Gasteiger partial charge on any atom is -0.508 e. The highest BCUT2D eigenvalue weighted by Crippen LogP contribution is 2.29. The van der Waals surface area contributed by atoms with E-state index in [2.05, 4.69) is 4.98 Å². The van der Waals surface area contributed by atoms with Crippen molar-refractivity contribution >= 4 is 11.8 Å². The molecule has 0 atom stereocenters. The fourth-order valence-corrected chi connectivity index (χ4v) is 1.88. The van der Waals surface area contributed by atoms with E-state index in [1.54, 1.807) is 6.92 Å². The lowest BCUT2D eigenvalue weighted by atomic mass is 10.1. The van der Waals surface area contributed by atoms with Crippen LogP contribution in [0, 0.1) is 12.3 Å². The van der Waals surface area contributed by atoms with Gasteiger partial charge in [0, 0.05) is 5.56 Å². The monoisotopic (exact) mass is 325 g/mol. The van der Waals surface area contributed by atoms with E-state index in [1.807, 2.05) is 0 Å². The predicted octanol–water partition coefficient (Wildman–Crippen LogP) is 3.41. The van der Waals surface area contributed by atoms with Gasteiger partial charge in [0.15, 0.2) is 0 Å². The first-order valence-electron chi connectivity index (χ1n) is 6.56. The van der Waals surface area contributed by atoms with Crippen molar-refractivity contribution in [3.8, 4) is 17.2 Å². The zero-order chi connectivity index (χ0) is 17.2. The molecule has 1 aromatic carbocycles. The van der Waals surface area contributed by atoms with E-state index >= 15 is 0 Å². The van der Waals surface area contributed by atoms with Gasteiger partial charge in [-0.1, -0.05) is 6.08 Å². The van der Waals surface area contributed by atoms with E-state index in [9.17, 15) is 18.3 Å². The summed E-state index contributed by atoms with van der Waals surface area (Å²) in [6.07, 6.45) is -3.05. The minimum atomic E-state index is -4.74. The number of allylic oxidation sites excluding steroid dienone is 1. The average molecular weight is 325 g/mol. The summed E-state index contributed by atoms with van der Waals surface area (Å²) >= 11 is 0. The van der Waals surface area contributed by atoms with Gasteiger partial charge in [0.05, 0.1) is 12.2 Å². The number of benzene rings is 1. The van der Waals surface area contributed by atoms with Crippen molar-refractivity contribution < 1.29 is 22.7 Å². The molecule has 2 rings (SSSR count). The summed E-state index contributed by atoms with van der Waals surface area (Å²) in [5, 5.41) is 16.5. The van der Waals surface area contributed by atoms with Gasteiger partial charge in [-0.2, -0.15) is 13.2 Å². The van der Waals surface area contributed by atoms with Crippen LogP contribution >= 0.6 is 0 Å². The van der Waals surface area contributed by atoms with Gasteiger partial charge in [-0.25, -0.2) is 4.98 Å². The molecular formula is C15H14F3N3O2. The molecular weight excluding hydrogens is 311 g/mol. The minimum absolute atomic E-state index is 0.130. The molecule has 0 aliphatic carbocycles. The van der Waals surface area contributed by atoms with Crippen LogP contribution in [0.25, 0.3) is 17.5 Å². The molecule has 0 radical (unpaired) electrons. The van der Waals surface area contributed by atoms with Gasteiger partial charge in [0.2, 0.25) is 5.89 Å². The molecule has 23 heavy (non-hydrogen) atoms.